The number of anilines is 1. The molecule has 0 aliphatic rings. The molecule has 2 heterocycles. The van der Waals surface area contributed by atoms with Gasteiger partial charge in [-0.2, -0.15) is 10.1 Å². The number of aromatic nitrogens is 4. The van der Waals surface area contributed by atoms with Crippen molar-refractivity contribution in [3.8, 4) is 5.82 Å². The molecule has 2 aromatic rings. The summed E-state index contributed by atoms with van der Waals surface area (Å²) in [5.41, 5.74) is 2.06. The molecular formula is C11H15N5. The van der Waals surface area contributed by atoms with Crippen molar-refractivity contribution >= 4 is 5.95 Å². The molecule has 1 N–H and O–H groups in total. The van der Waals surface area contributed by atoms with Gasteiger partial charge in [-0.3, -0.25) is 0 Å². The molecule has 0 radical (unpaired) electrons. The number of aryl methyl sites for hydroxylation is 2. The van der Waals surface area contributed by atoms with Gasteiger partial charge in [-0.25, -0.2) is 9.67 Å². The zero-order chi connectivity index (χ0) is 11.5. The van der Waals surface area contributed by atoms with E-state index in [4.69, 9.17) is 0 Å². The summed E-state index contributed by atoms with van der Waals surface area (Å²) < 4.78 is 1.82. The Kier molecular flexibility index (Phi) is 2.85. The molecular weight excluding hydrogens is 202 g/mol. The average molecular weight is 217 g/mol. The van der Waals surface area contributed by atoms with Crippen LogP contribution in [0.2, 0.25) is 0 Å². The van der Waals surface area contributed by atoms with Crippen LogP contribution in [0.3, 0.4) is 0 Å². The van der Waals surface area contributed by atoms with Crippen LogP contribution >= 0.6 is 0 Å². The van der Waals surface area contributed by atoms with E-state index in [0.717, 1.165) is 23.8 Å². The smallest absolute Gasteiger partial charge is 0.224 e. The van der Waals surface area contributed by atoms with Gasteiger partial charge in [0, 0.05) is 24.5 Å². The summed E-state index contributed by atoms with van der Waals surface area (Å²) in [4.78, 5) is 8.51. The third-order valence-electron chi connectivity index (χ3n) is 2.20. The van der Waals surface area contributed by atoms with Crippen LogP contribution in [0.5, 0.6) is 0 Å². The Labute approximate surface area is 94.5 Å². The second kappa shape index (κ2) is 4.30. The van der Waals surface area contributed by atoms with Crippen molar-refractivity contribution in [3.63, 3.8) is 0 Å². The Morgan fingerprint density at radius 2 is 2.19 bits per heavy atom. The lowest BCUT2D eigenvalue weighted by atomic mass is 10.4. The van der Waals surface area contributed by atoms with Crippen LogP contribution in [0.25, 0.3) is 5.82 Å². The minimum atomic E-state index is 0.632. The molecule has 0 aliphatic heterocycles. The number of hydrogen-bond acceptors (Lipinski definition) is 4. The largest absolute Gasteiger partial charge is 0.354 e. The van der Waals surface area contributed by atoms with Crippen LogP contribution in [0.1, 0.15) is 18.3 Å². The van der Waals surface area contributed by atoms with Gasteiger partial charge in [0.2, 0.25) is 5.95 Å². The molecule has 2 aromatic heterocycles. The van der Waals surface area contributed by atoms with Gasteiger partial charge >= 0.3 is 0 Å². The normalized spacial score (nSPS) is 10.4. The fourth-order valence-corrected chi connectivity index (χ4v) is 1.57. The van der Waals surface area contributed by atoms with Crippen molar-refractivity contribution in [1.82, 2.24) is 19.7 Å². The fourth-order valence-electron chi connectivity index (χ4n) is 1.57. The minimum absolute atomic E-state index is 0.632. The molecule has 16 heavy (non-hydrogen) atoms. The molecule has 0 saturated carbocycles. The Hall–Kier alpha value is -1.91. The lowest BCUT2D eigenvalue weighted by Gasteiger charge is -2.05. The predicted molar refractivity (Wildman–Crippen MR) is 62.8 cm³/mol. The van der Waals surface area contributed by atoms with Crippen molar-refractivity contribution in [1.29, 1.82) is 0 Å². The van der Waals surface area contributed by atoms with Gasteiger partial charge in [0.25, 0.3) is 0 Å². The van der Waals surface area contributed by atoms with E-state index in [0.29, 0.717) is 5.95 Å². The van der Waals surface area contributed by atoms with Crippen LogP contribution in [0, 0.1) is 13.8 Å². The predicted octanol–water partition coefficient (Wildman–Crippen LogP) is 1.71. The summed E-state index contributed by atoms with van der Waals surface area (Å²) >= 11 is 0. The summed E-state index contributed by atoms with van der Waals surface area (Å²) in [5.74, 6) is 1.42. The Morgan fingerprint density at radius 1 is 1.38 bits per heavy atom. The lowest BCUT2D eigenvalue weighted by Crippen LogP contribution is -2.07. The van der Waals surface area contributed by atoms with Gasteiger partial charge < -0.3 is 5.32 Å². The minimum Gasteiger partial charge on any atom is -0.354 e. The first-order chi connectivity index (χ1) is 7.70. The van der Waals surface area contributed by atoms with E-state index in [-0.39, 0.29) is 0 Å². The first-order valence-corrected chi connectivity index (χ1v) is 5.31. The van der Waals surface area contributed by atoms with Gasteiger partial charge in [-0.1, -0.05) is 0 Å². The van der Waals surface area contributed by atoms with E-state index in [2.05, 4.69) is 20.4 Å². The standard InChI is InChI=1S/C11H15N5/c1-4-12-11-13-6-5-10(14-11)16-9(3)7-8(2)15-16/h5-7H,4H2,1-3H3,(H,12,13,14). The van der Waals surface area contributed by atoms with Crippen molar-refractivity contribution in [2.75, 3.05) is 11.9 Å². The second-order valence-electron chi connectivity index (χ2n) is 3.61. The van der Waals surface area contributed by atoms with E-state index in [1.165, 1.54) is 0 Å². The topological polar surface area (TPSA) is 55.6 Å². The maximum absolute atomic E-state index is 4.39. The highest BCUT2D eigenvalue weighted by Crippen LogP contribution is 2.10. The molecule has 0 fully saturated rings. The molecule has 84 valence electrons. The van der Waals surface area contributed by atoms with Crippen LogP contribution in [0.15, 0.2) is 18.3 Å². The number of nitrogens with zero attached hydrogens (tertiary/aromatic N) is 4. The Morgan fingerprint density at radius 3 is 2.81 bits per heavy atom. The first kappa shape index (κ1) is 10.6. The Bertz CT molecular complexity index is 489. The quantitative estimate of drug-likeness (QED) is 0.850. The van der Waals surface area contributed by atoms with Gasteiger partial charge in [-0.15, -0.1) is 0 Å². The number of rotatable bonds is 3. The summed E-state index contributed by atoms with van der Waals surface area (Å²) in [5, 5.41) is 7.46. The number of hydrogen-bond donors (Lipinski definition) is 1. The lowest BCUT2D eigenvalue weighted by molar-refractivity contribution is 0.801. The average Bonchev–Trinajstić information content (AvgIpc) is 2.59. The van der Waals surface area contributed by atoms with E-state index < -0.39 is 0 Å². The summed E-state index contributed by atoms with van der Waals surface area (Å²) in [6, 6.07) is 3.87. The highest BCUT2D eigenvalue weighted by Gasteiger charge is 2.05. The molecule has 0 bridgehead atoms. The fraction of sp³-hybridized carbons (Fsp3) is 0.364. The van der Waals surface area contributed by atoms with Crippen LogP contribution in [-0.2, 0) is 0 Å². The summed E-state index contributed by atoms with van der Waals surface area (Å²) in [6.07, 6.45) is 1.73. The van der Waals surface area contributed by atoms with Gasteiger partial charge in [0.15, 0.2) is 5.82 Å². The van der Waals surface area contributed by atoms with Gasteiger partial charge in [-0.05, 0) is 26.8 Å². The molecule has 5 heteroatoms. The third kappa shape index (κ3) is 2.03. The maximum Gasteiger partial charge on any atom is 0.224 e. The third-order valence-corrected chi connectivity index (χ3v) is 2.20. The van der Waals surface area contributed by atoms with E-state index in [1.807, 2.05) is 37.6 Å². The van der Waals surface area contributed by atoms with Crippen molar-refractivity contribution < 1.29 is 0 Å². The van der Waals surface area contributed by atoms with Crippen molar-refractivity contribution in [2.45, 2.75) is 20.8 Å². The van der Waals surface area contributed by atoms with E-state index in [9.17, 15) is 0 Å². The van der Waals surface area contributed by atoms with Gasteiger partial charge in [0.1, 0.15) is 0 Å². The molecule has 0 unspecified atom stereocenters. The highest BCUT2D eigenvalue weighted by atomic mass is 15.3. The summed E-state index contributed by atoms with van der Waals surface area (Å²) in [6.45, 7) is 6.80. The van der Waals surface area contributed by atoms with Crippen LogP contribution in [-0.4, -0.2) is 26.3 Å². The molecule has 0 aromatic carbocycles. The molecule has 2 rings (SSSR count). The van der Waals surface area contributed by atoms with Crippen molar-refractivity contribution in [2.24, 2.45) is 0 Å². The first-order valence-electron chi connectivity index (χ1n) is 5.31. The molecule has 0 spiro atoms. The van der Waals surface area contributed by atoms with Gasteiger partial charge in [0.05, 0.1) is 5.69 Å². The molecule has 0 amide bonds. The second-order valence-corrected chi connectivity index (χ2v) is 3.61. The zero-order valence-corrected chi connectivity index (χ0v) is 9.73. The molecule has 5 nitrogen and oxygen atoms in total. The maximum atomic E-state index is 4.39. The molecule has 0 saturated heterocycles. The van der Waals surface area contributed by atoms with Crippen LogP contribution < -0.4 is 5.32 Å². The summed E-state index contributed by atoms with van der Waals surface area (Å²) in [7, 11) is 0. The molecule has 0 aliphatic carbocycles. The number of nitrogens with one attached hydrogen (secondary N) is 1. The Balaban J connectivity index is 2.40. The van der Waals surface area contributed by atoms with Crippen LogP contribution in [0.4, 0.5) is 5.95 Å². The monoisotopic (exact) mass is 217 g/mol. The van der Waals surface area contributed by atoms with E-state index >= 15 is 0 Å². The SMILES string of the molecule is CCNc1nccc(-n2nc(C)cc2C)n1. The van der Waals surface area contributed by atoms with E-state index in [1.54, 1.807) is 6.20 Å². The van der Waals surface area contributed by atoms with Crippen molar-refractivity contribution in [3.05, 3.63) is 29.7 Å². The zero-order valence-electron chi connectivity index (χ0n) is 9.73. The highest BCUT2D eigenvalue weighted by molar-refractivity contribution is 5.32. The molecule has 0 atom stereocenters.